The Morgan fingerprint density at radius 3 is 2.69 bits per heavy atom. The van der Waals surface area contributed by atoms with Gasteiger partial charge in [-0.25, -0.2) is 0 Å². The monoisotopic (exact) mass is 182 g/mol. The molecule has 2 nitrogen and oxygen atoms in total. The fourth-order valence-corrected chi connectivity index (χ4v) is 2.85. The van der Waals surface area contributed by atoms with Crippen molar-refractivity contribution in [1.82, 2.24) is 10.2 Å². The third-order valence-corrected chi connectivity index (χ3v) is 3.30. The highest BCUT2D eigenvalue weighted by Crippen LogP contribution is 2.36. The van der Waals surface area contributed by atoms with Crippen LogP contribution >= 0.6 is 0 Å². The average molecular weight is 182 g/mol. The van der Waals surface area contributed by atoms with Gasteiger partial charge < -0.3 is 10.2 Å². The first-order chi connectivity index (χ1) is 6.20. The molecule has 0 aromatic heterocycles. The normalized spacial score (nSPS) is 27.9. The molecule has 2 heterocycles. The molecule has 0 aromatic rings. The lowest BCUT2D eigenvalue weighted by molar-refractivity contribution is -0.0236. The Kier molecular flexibility index (Phi) is 2.61. The Bertz CT molecular complexity index is 163. The van der Waals surface area contributed by atoms with Crippen LogP contribution in [0.1, 0.15) is 26.7 Å². The highest BCUT2D eigenvalue weighted by atomic mass is 15.2. The van der Waals surface area contributed by atoms with Crippen LogP contribution < -0.4 is 5.32 Å². The van der Waals surface area contributed by atoms with Crippen molar-refractivity contribution in [2.24, 2.45) is 11.3 Å². The largest absolute Gasteiger partial charge is 0.316 e. The SMILES string of the molecule is CC(C)CN1CC2(CCCNC2)C1. The van der Waals surface area contributed by atoms with Crippen molar-refractivity contribution < 1.29 is 0 Å². The van der Waals surface area contributed by atoms with E-state index in [1.165, 1.54) is 45.6 Å². The molecule has 2 saturated heterocycles. The van der Waals surface area contributed by atoms with E-state index in [0.717, 1.165) is 5.92 Å². The third kappa shape index (κ3) is 2.05. The van der Waals surface area contributed by atoms with Crippen LogP contribution in [0.15, 0.2) is 0 Å². The Morgan fingerprint density at radius 1 is 1.38 bits per heavy atom. The standard InChI is InChI=1S/C11H22N2/c1-10(2)6-13-8-11(9-13)4-3-5-12-7-11/h10,12H,3-9H2,1-2H3. The predicted octanol–water partition coefficient (Wildman–Crippen LogP) is 1.33. The lowest BCUT2D eigenvalue weighted by Gasteiger charge is -2.53. The third-order valence-electron chi connectivity index (χ3n) is 3.30. The first-order valence-electron chi connectivity index (χ1n) is 5.63. The summed E-state index contributed by atoms with van der Waals surface area (Å²) in [6.45, 7) is 11.1. The fourth-order valence-electron chi connectivity index (χ4n) is 2.85. The van der Waals surface area contributed by atoms with Crippen LogP contribution in [0.25, 0.3) is 0 Å². The van der Waals surface area contributed by atoms with Gasteiger partial charge in [-0.15, -0.1) is 0 Å². The number of hydrogen-bond donors (Lipinski definition) is 1. The zero-order valence-corrected chi connectivity index (χ0v) is 8.97. The van der Waals surface area contributed by atoms with Gasteiger partial charge in [-0.3, -0.25) is 0 Å². The molecule has 13 heavy (non-hydrogen) atoms. The summed E-state index contributed by atoms with van der Waals surface area (Å²) in [4.78, 5) is 2.61. The molecule has 0 radical (unpaired) electrons. The van der Waals surface area contributed by atoms with Crippen LogP contribution in [0.5, 0.6) is 0 Å². The zero-order chi connectivity index (χ0) is 9.31. The molecular formula is C11H22N2. The van der Waals surface area contributed by atoms with Gasteiger partial charge in [0.25, 0.3) is 0 Å². The van der Waals surface area contributed by atoms with E-state index in [0.29, 0.717) is 5.41 Å². The molecule has 0 bridgehead atoms. The van der Waals surface area contributed by atoms with E-state index in [9.17, 15) is 0 Å². The van der Waals surface area contributed by atoms with Gasteiger partial charge >= 0.3 is 0 Å². The van der Waals surface area contributed by atoms with Gasteiger partial charge in [-0.1, -0.05) is 13.8 Å². The van der Waals surface area contributed by atoms with Crippen LogP contribution in [0.2, 0.25) is 0 Å². The summed E-state index contributed by atoms with van der Waals surface area (Å²) in [5, 5.41) is 3.52. The highest BCUT2D eigenvalue weighted by Gasteiger charge is 2.42. The minimum atomic E-state index is 0.674. The summed E-state index contributed by atoms with van der Waals surface area (Å²) < 4.78 is 0. The van der Waals surface area contributed by atoms with Crippen molar-refractivity contribution in [3.63, 3.8) is 0 Å². The van der Waals surface area contributed by atoms with Gasteiger partial charge in [0, 0.05) is 31.6 Å². The lowest BCUT2D eigenvalue weighted by atomic mass is 9.74. The molecule has 0 amide bonds. The molecule has 2 aliphatic heterocycles. The second kappa shape index (κ2) is 3.58. The van der Waals surface area contributed by atoms with Gasteiger partial charge in [0.1, 0.15) is 0 Å². The number of likely N-dealkylation sites (tertiary alicyclic amines) is 1. The number of nitrogens with zero attached hydrogens (tertiary/aromatic N) is 1. The van der Waals surface area contributed by atoms with E-state index >= 15 is 0 Å². The maximum absolute atomic E-state index is 3.52. The van der Waals surface area contributed by atoms with Gasteiger partial charge in [0.05, 0.1) is 0 Å². The number of hydrogen-bond acceptors (Lipinski definition) is 2. The van der Waals surface area contributed by atoms with Gasteiger partial charge in [-0.05, 0) is 25.3 Å². The zero-order valence-electron chi connectivity index (χ0n) is 8.97. The van der Waals surface area contributed by atoms with Gasteiger partial charge in [-0.2, -0.15) is 0 Å². The van der Waals surface area contributed by atoms with Crippen LogP contribution in [0.3, 0.4) is 0 Å². The van der Waals surface area contributed by atoms with Crippen LogP contribution in [0.4, 0.5) is 0 Å². The van der Waals surface area contributed by atoms with Gasteiger partial charge in [0.15, 0.2) is 0 Å². The molecule has 0 saturated carbocycles. The van der Waals surface area contributed by atoms with Gasteiger partial charge in [0.2, 0.25) is 0 Å². The van der Waals surface area contributed by atoms with E-state index in [2.05, 4.69) is 24.1 Å². The Hall–Kier alpha value is -0.0800. The quantitative estimate of drug-likeness (QED) is 0.693. The molecule has 0 aromatic carbocycles. The summed E-state index contributed by atoms with van der Waals surface area (Å²) in [6, 6.07) is 0. The summed E-state index contributed by atoms with van der Waals surface area (Å²) in [6.07, 6.45) is 2.84. The molecular weight excluding hydrogens is 160 g/mol. The molecule has 2 heteroatoms. The van der Waals surface area contributed by atoms with E-state index in [-0.39, 0.29) is 0 Å². The van der Waals surface area contributed by atoms with Crippen LogP contribution in [-0.4, -0.2) is 37.6 Å². The van der Waals surface area contributed by atoms with E-state index in [1.807, 2.05) is 0 Å². The maximum Gasteiger partial charge on any atom is 0.00827 e. The van der Waals surface area contributed by atoms with Crippen molar-refractivity contribution in [1.29, 1.82) is 0 Å². The molecule has 2 fully saturated rings. The first kappa shape index (κ1) is 9.47. The van der Waals surface area contributed by atoms with Crippen molar-refractivity contribution in [3.8, 4) is 0 Å². The molecule has 76 valence electrons. The minimum absolute atomic E-state index is 0.674. The summed E-state index contributed by atoms with van der Waals surface area (Å²) in [5.41, 5.74) is 0.674. The fraction of sp³-hybridized carbons (Fsp3) is 1.00. The number of nitrogens with one attached hydrogen (secondary N) is 1. The van der Waals surface area contributed by atoms with Crippen molar-refractivity contribution in [2.75, 3.05) is 32.7 Å². The molecule has 0 atom stereocenters. The van der Waals surface area contributed by atoms with Crippen LogP contribution in [-0.2, 0) is 0 Å². The summed E-state index contributed by atoms with van der Waals surface area (Å²) in [7, 11) is 0. The maximum atomic E-state index is 3.52. The second-order valence-corrected chi connectivity index (χ2v) is 5.34. The summed E-state index contributed by atoms with van der Waals surface area (Å²) >= 11 is 0. The molecule has 0 aliphatic carbocycles. The Balaban J connectivity index is 1.75. The Labute approximate surface area is 81.7 Å². The van der Waals surface area contributed by atoms with Crippen molar-refractivity contribution >= 4 is 0 Å². The Morgan fingerprint density at radius 2 is 2.15 bits per heavy atom. The summed E-state index contributed by atoms with van der Waals surface area (Å²) in [5.74, 6) is 0.828. The molecule has 1 N–H and O–H groups in total. The van der Waals surface area contributed by atoms with E-state index in [4.69, 9.17) is 0 Å². The topological polar surface area (TPSA) is 15.3 Å². The second-order valence-electron chi connectivity index (χ2n) is 5.34. The van der Waals surface area contributed by atoms with E-state index < -0.39 is 0 Å². The number of rotatable bonds is 2. The molecule has 0 unspecified atom stereocenters. The lowest BCUT2D eigenvalue weighted by Crippen LogP contribution is -2.62. The first-order valence-corrected chi connectivity index (χ1v) is 5.63. The minimum Gasteiger partial charge on any atom is -0.316 e. The van der Waals surface area contributed by atoms with Crippen molar-refractivity contribution in [3.05, 3.63) is 0 Å². The predicted molar refractivity (Wildman–Crippen MR) is 55.8 cm³/mol. The molecule has 2 rings (SSSR count). The molecule has 2 aliphatic rings. The van der Waals surface area contributed by atoms with E-state index in [1.54, 1.807) is 0 Å². The average Bonchev–Trinajstić information content (AvgIpc) is 2.02. The highest BCUT2D eigenvalue weighted by molar-refractivity contribution is 4.98. The molecule has 1 spiro atoms. The van der Waals surface area contributed by atoms with Crippen LogP contribution in [0, 0.1) is 11.3 Å². The smallest absolute Gasteiger partial charge is 0.00827 e. The van der Waals surface area contributed by atoms with Crippen molar-refractivity contribution in [2.45, 2.75) is 26.7 Å². The number of piperidine rings is 1.